The van der Waals surface area contributed by atoms with Crippen LogP contribution in [0.2, 0.25) is 0 Å². The van der Waals surface area contributed by atoms with E-state index < -0.39 is 6.61 Å². The summed E-state index contributed by atoms with van der Waals surface area (Å²) in [5, 5.41) is 2.85. The Kier molecular flexibility index (Phi) is 7.43. The molecule has 2 rings (SSSR count). The number of hydrogen-bond donors (Lipinski definition) is 1. The fraction of sp³-hybridized carbons (Fsp3) is 0.611. The third-order valence-electron chi connectivity index (χ3n) is 4.45. The van der Waals surface area contributed by atoms with Crippen molar-refractivity contribution < 1.29 is 23.0 Å². The van der Waals surface area contributed by atoms with E-state index in [2.05, 4.69) is 21.9 Å². The average Bonchev–Trinajstić information content (AvgIpc) is 2.60. The van der Waals surface area contributed by atoms with Crippen LogP contribution in [0.25, 0.3) is 0 Å². The normalized spacial score (nSPS) is 16.0. The van der Waals surface area contributed by atoms with Crippen LogP contribution in [0, 0.1) is 5.92 Å². The van der Waals surface area contributed by atoms with Crippen molar-refractivity contribution in [3.8, 4) is 11.5 Å². The molecule has 7 heteroatoms. The molecule has 1 heterocycles. The minimum Gasteiger partial charge on any atom is -0.493 e. The fourth-order valence-electron chi connectivity index (χ4n) is 2.89. The molecule has 1 aromatic rings. The standard InChI is InChI=1S/C18H26F2N2O3/c1-13-6-10-22(11-7-13)9-3-8-21-17(23)14-4-5-15(25-18(19)20)16(12-14)24-2/h4-5,12-13,18H,3,6-11H2,1-2H3,(H,21,23). The first-order chi connectivity index (χ1) is 12.0. The molecule has 1 N–H and O–H groups in total. The average molecular weight is 356 g/mol. The van der Waals surface area contributed by atoms with Gasteiger partial charge in [0.15, 0.2) is 11.5 Å². The number of rotatable bonds is 8. The van der Waals surface area contributed by atoms with E-state index in [1.54, 1.807) is 0 Å². The van der Waals surface area contributed by atoms with Crippen LogP contribution in [0.3, 0.4) is 0 Å². The third-order valence-corrected chi connectivity index (χ3v) is 4.45. The predicted octanol–water partition coefficient (Wildman–Crippen LogP) is 3.15. The molecule has 25 heavy (non-hydrogen) atoms. The van der Waals surface area contributed by atoms with Crippen LogP contribution in [0.4, 0.5) is 8.78 Å². The highest BCUT2D eigenvalue weighted by Gasteiger charge is 2.16. The second-order valence-electron chi connectivity index (χ2n) is 6.38. The van der Waals surface area contributed by atoms with E-state index in [0.29, 0.717) is 12.1 Å². The lowest BCUT2D eigenvalue weighted by molar-refractivity contribution is -0.0512. The Balaban J connectivity index is 1.78. The van der Waals surface area contributed by atoms with Gasteiger partial charge in [-0.25, -0.2) is 0 Å². The van der Waals surface area contributed by atoms with Crippen LogP contribution in [0.15, 0.2) is 18.2 Å². The van der Waals surface area contributed by atoms with Gasteiger partial charge in [0.2, 0.25) is 0 Å². The van der Waals surface area contributed by atoms with E-state index in [9.17, 15) is 13.6 Å². The molecule has 1 aliphatic heterocycles. The number of piperidine rings is 1. The molecule has 140 valence electrons. The number of ether oxygens (including phenoxy) is 2. The van der Waals surface area contributed by atoms with Crippen molar-refractivity contribution in [1.82, 2.24) is 10.2 Å². The summed E-state index contributed by atoms with van der Waals surface area (Å²) >= 11 is 0. The van der Waals surface area contributed by atoms with E-state index in [0.717, 1.165) is 32.0 Å². The van der Waals surface area contributed by atoms with Gasteiger partial charge in [-0.2, -0.15) is 8.78 Å². The van der Waals surface area contributed by atoms with Crippen molar-refractivity contribution in [3.05, 3.63) is 23.8 Å². The smallest absolute Gasteiger partial charge is 0.387 e. The van der Waals surface area contributed by atoms with E-state index in [1.165, 1.54) is 38.2 Å². The van der Waals surface area contributed by atoms with Gasteiger partial charge in [-0.3, -0.25) is 4.79 Å². The molecular formula is C18H26F2N2O3. The van der Waals surface area contributed by atoms with Crippen LogP contribution >= 0.6 is 0 Å². The van der Waals surface area contributed by atoms with Gasteiger partial charge >= 0.3 is 6.61 Å². The summed E-state index contributed by atoms with van der Waals surface area (Å²) in [7, 11) is 1.34. The number of nitrogens with one attached hydrogen (secondary N) is 1. The SMILES string of the molecule is COc1cc(C(=O)NCCCN2CCC(C)CC2)ccc1OC(F)F. The molecule has 0 radical (unpaired) electrons. The molecule has 1 amide bonds. The highest BCUT2D eigenvalue weighted by atomic mass is 19.3. The molecular weight excluding hydrogens is 330 g/mol. The lowest BCUT2D eigenvalue weighted by Gasteiger charge is -2.30. The number of carbonyl (C=O) groups is 1. The number of alkyl halides is 2. The van der Waals surface area contributed by atoms with Crippen molar-refractivity contribution in [2.24, 2.45) is 5.92 Å². The summed E-state index contributed by atoms with van der Waals surface area (Å²) in [6.07, 6.45) is 3.35. The van der Waals surface area contributed by atoms with Crippen LogP contribution in [-0.4, -0.2) is 50.7 Å². The number of halogens is 2. The predicted molar refractivity (Wildman–Crippen MR) is 91.4 cm³/mol. The van der Waals surface area contributed by atoms with Crippen molar-refractivity contribution in [2.45, 2.75) is 32.8 Å². The summed E-state index contributed by atoms with van der Waals surface area (Å²) in [5.74, 6) is 0.570. The lowest BCUT2D eigenvalue weighted by atomic mass is 9.99. The maximum Gasteiger partial charge on any atom is 0.387 e. The number of carbonyl (C=O) groups excluding carboxylic acids is 1. The van der Waals surface area contributed by atoms with Gasteiger partial charge in [-0.15, -0.1) is 0 Å². The number of hydrogen-bond acceptors (Lipinski definition) is 4. The second-order valence-corrected chi connectivity index (χ2v) is 6.38. The minimum atomic E-state index is -2.94. The molecule has 0 unspecified atom stereocenters. The largest absolute Gasteiger partial charge is 0.493 e. The minimum absolute atomic E-state index is 0.0895. The summed E-state index contributed by atoms with van der Waals surface area (Å²) in [5.41, 5.74) is 0.352. The van der Waals surface area contributed by atoms with Gasteiger partial charge in [0.1, 0.15) is 0 Å². The fourth-order valence-corrected chi connectivity index (χ4v) is 2.89. The summed E-state index contributed by atoms with van der Waals surface area (Å²) in [6, 6.07) is 4.16. The van der Waals surface area contributed by atoms with E-state index in [1.807, 2.05) is 0 Å². The van der Waals surface area contributed by atoms with Gasteiger partial charge in [-0.05, 0) is 63.0 Å². The molecule has 1 fully saturated rings. The maximum absolute atomic E-state index is 12.3. The Hall–Kier alpha value is -1.89. The number of likely N-dealkylation sites (tertiary alicyclic amines) is 1. The van der Waals surface area contributed by atoms with Crippen molar-refractivity contribution >= 4 is 5.91 Å². The number of nitrogens with zero attached hydrogens (tertiary/aromatic N) is 1. The zero-order valence-corrected chi connectivity index (χ0v) is 14.8. The Morgan fingerprint density at radius 1 is 1.32 bits per heavy atom. The molecule has 0 spiro atoms. The Morgan fingerprint density at radius 2 is 2.04 bits per heavy atom. The zero-order valence-electron chi connectivity index (χ0n) is 14.8. The Labute approximate surface area is 147 Å². The number of methoxy groups -OCH3 is 1. The van der Waals surface area contributed by atoms with E-state index >= 15 is 0 Å². The lowest BCUT2D eigenvalue weighted by Crippen LogP contribution is -2.35. The molecule has 0 saturated carbocycles. The van der Waals surface area contributed by atoms with Crippen LogP contribution in [0.5, 0.6) is 11.5 Å². The van der Waals surface area contributed by atoms with Crippen molar-refractivity contribution in [1.29, 1.82) is 0 Å². The molecule has 0 atom stereocenters. The summed E-state index contributed by atoms with van der Waals surface area (Å²) in [4.78, 5) is 14.6. The summed E-state index contributed by atoms with van der Waals surface area (Å²) in [6.45, 7) is 3.13. The van der Waals surface area contributed by atoms with Gasteiger partial charge in [0, 0.05) is 12.1 Å². The maximum atomic E-state index is 12.3. The second kappa shape index (κ2) is 9.56. The van der Waals surface area contributed by atoms with Gasteiger partial charge < -0.3 is 19.7 Å². The first-order valence-corrected chi connectivity index (χ1v) is 8.63. The monoisotopic (exact) mass is 356 g/mol. The molecule has 5 nitrogen and oxygen atoms in total. The highest BCUT2D eigenvalue weighted by molar-refractivity contribution is 5.94. The highest BCUT2D eigenvalue weighted by Crippen LogP contribution is 2.29. The third kappa shape index (κ3) is 6.16. The molecule has 1 aliphatic rings. The van der Waals surface area contributed by atoms with Gasteiger partial charge in [0.05, 0.1) is 7.11 Å². The molecule has 0 aromatic heterocycles. The number of amides is 1. The molecule has 1 saturated heterocycles. The molecule has 0 aliphatic carbocycles. The Morgan fingerprint density at radius 3 is 2.68 bits per heavy atom. The first kappa shape index (κ1) is 19.4. The van der Waals surface area contributed by atoms with E-state index in [-0.39, 0.29) is 17.4 Å². The van der Waals surface area contributed by atoms with Crippen molar-refractivity contribution in [2.75, 3.05) is 33.3 Å². The van der Waals surface area contributed by atoms with E-state index in [4.69, 9.17) is 4.74 Å². The first-order valence-electron chi connectivity index (χ1n) is 8.63. The van der Waals surface area contributed by atoms with Gasteiger partial charge in [-0.1, -0.05) is 6.92 Å². The Bertz CT molecular complexity index is 561. The van der Waals surface area contributed by atoms with Crippen LogP contribution < -0.4 is 14.8 Å². The topological polar surface area (TPSA) is 50.8 Å². The zero-order chi connectivity index (χ0) is 18.2. The summed E-state index contributed by atoms with van der Waals surface area (Å²) < 4.78 is 34.0. The molecule has 0 bridgehead atoms. The number of benzene rings is 1. The van der Waals surface area contributed by atoms with Crippen molar-refractivity contribution in [3.63, 3.8) is 0 Å². The molecule has 1 aromatic carbocycles. The van der Waals surface area contributed by atoms with Gasteiger partial charge in [0.25, 0.3) is 5.91 Å². The quantitative estimate of drug-likeness (QED) is 0.727. The van der Waals surface area contributed by atoms with Crippen LogP contribution in [-0.2, 0) is 0 Å². The van der Waals surface area contributed by atoms with Crippen LogP contribution in [0.1, 0.15) is 36.5 Å².